The SMILES string of the molecule is CC(=O)C(Br)c1ccc([N+](=O)[O-])cc1.CC(=O)Cc1ccc([N+](=O)[O-])cc1.CC(C)(C)OC(=O)N1C(=O)SC(c2ccc(N)cc2)C1=O.CC(C)(C)OC(=O)N1C(=O)SC(c2ccc([N+](=O)[O-])cc2)C1=O.CCOC(=O)c1c(C)nc(-c2c(F)cccc2F)nc1Cc1ccc(C2SC(=O)N(C(=O)OC(C)(C)C)C2=O)cc1.CCOC(=O)c1c(C)nc(-c2c(F)cccc2F)nc1Cl.O=C1NC(=O)C(c2ccc([N+](=O)[O-])cc2)S1. The first-order chi connectivity index (χ1) is 69.7. The maximum absolute atomic E-state index is 14.5. The van der Waals surface area contributed by atoms with Gasteiger partial charge in [-0.1, -0.05) is 125 Å². The van der Waals surface area contributed by atoms with Crippen molar-refractivity contribution in [3.05, 3.63) is 318 Å². The molecular weight excluding hydrogens is 2130 g/mol. The number of amides is 11. The van der Waals surface area contributed by atoms with Gasteiger partial charge >= 0.3 is 30.2 Å². The summed E-state index contributed by atoms with van der Waals surface area (Å²) in [5.74, 6) is -7.50. The van der Waals surface area contributed by atoms with Crippen molar-refractivity contribution in [3.63, 3.8) is 0 Å². The molecule has 5 unspecified atom stereocenters. The number of nitro groups is 4. The molecule has 5 atom stereocenters. The number of hydrogen-bond donors (Lipinski definition) is 2. The van der Waals surface area contributed by atoms with Gasteiger partial charge in [-0.25, -0.2) is 61.5 Å². The van der Waals surface area contributed by atoms with E-state index in [-0.39, 0.29) is 110 Å². The van der Waals surface area contributed by atoms with Crippen LogP contribution in [0.3, 0.4) is 0 Å². The Morgan fingerprint density at radius 1 is 0.450 bits per heavy atom. The number of alkyl halides is 1. The van der Waals surface area contributed by atoms with Crippen LogP contribution in [0.4, 0.5) is 79.6 Å². The number of nitrogens with one attached hydrogen (secondary N) is 1. The molecule has 4 aliphatic heterocycles. The van der Waals surface area contributed by atoms with Gasteiger partial charge in [-0.2, -0.15) is 14.7 Å². The van der Waals surface area contributed by atoms with Gasteiger partial charge in [0.05, 0.1) is 65.9 Å². The molecule has 11 amide bonds. The number of nitro benzene ring substituents is 4. The van der Waals surface area contributed by atoms with E-state index in [4.69, 9.17) is 41.0 Å². The summed E-state index contributed by atoms with van der Waals surface area (Å²) < 4.78 is 81.8. The molecule has 782 valence electrons. The maximum atomic E-state index is 14.5. The van der Waals surface area contributed by atoms with Gasteiger partial charge in [0.15, 0.2) is 11.6 Å². The smallest absolute Gasteiger partial charge is 0.424 e. The monoisotopic (exact) mass is 2220 g/mol. The standard InChI is InChI=1S/C29H27F2N3O6S.C14H11ClF2N2O2.C14H14N2O6S.C14H16N2O4S.C9H8BrNO3.C9H6N2O4S.C9H9NO3/c1-6-39-26(36)21-15(2)32-24(22-18(30)8-7-9-19(22)31)33-20(21)14-16-10-12-17(13-11-16)23-25(35)34(28(38)41-23)27(37)40-29(3,4)5;1-3-21-14(20)10-7(2)18-13(19-12(10)15)11-8(16)5-4-6-9(11)17;1-14(2,3)22-12(18)15-11(17)10(23-13(15)19)8-4-6-9(7-5-8)16(20)21;1-14(2,3)20-12(18)16-11(17)10(21-13(16)19)8-4-6-9(15)7-5-8;1-6(12)9(10)7-2-4-8(5-3-7)11(13)14;12-8-7(16-9(13)10-8)5-1-3-6(4-2-5)11(14)15;1-7(11)6-8-2-4-9(5-3-8)10(12)13/h7-13,23H,6,14H2,1-5H3;4-6H,3H2,1-2H3;4-7,10H,1-3H3;4-7,10H,15H2,1-3H3;2-5,9H,1H3;1-4,7H,(H,10,12,13);2-5H,6H2,1H3. The van der Waals surface area contributed by atoms with E-state index in [0.29, 0.717) is 78.1 Å². The number of nitrogens with zero attached hydrogens (tertiary/aromatic N) is 11. The van der Waals surface area contributed by atoms with Crippen LogP contribution >= 0.6 is 74.6 Å². The van der Waals surface area contributed by atoms with Crippen LogP contribution in [0, 0.1) is 77.6 Å². The third kappa shape index (κ3) is 33.0. The molecule has 0 radical (unpaired) electrons. The van der Waals surface area contributed by atoms with Crippen LogP contribution < -0.4 is 11.1 Å². The summed E-state index contributed by atoms with van der Waals surface area (Å²) in [6.07, 6.45) is -2.60. The fourth-order valence-electron chi connectivity index (χ4n) is 12.9. The van der Waals surface area contributed by atoms with Crippen molar-refractivity contribution in [1.29, 1.82) is 0 Å². The summed E-state index contributed by atoms with van der Waals surface area (Å²) in [4.78, 5) is 236. The van der Waals surface area contributed by atoms with E-state index in [1.165, 1.54) is 113 Å². The lowest BCUT2D eigenvalue weighted by atomic mass is 10.0. The zero-order chi connectivity index (χ0) is 111. The molecular formula is C98H91BrClF4N13O28S4. The Balaban J connectivity index is 0.000000220. The predicted octanol–water partition coefficient (Wildman–Crippen LogP) is 21.9. The summed E-state index contributed by atoms with van der Waals surface area (Å²) >= 11 is 12.1. The van der Waals surface area contributed by atoms with Gasteiger partial charge < -0.3 is 29.4 Å². The minimum atomic E-state index is -1.04. The molecule has 0 bridgehead atoms. The second-order valence-corrected chi connectivity index (χ2v) is 39.8. The van der Waals surface area contributed by atoms with Crippen LogP contribution in [0.2, 0.25) is 5.15 Å². The van der Waals surface area contributed by atoms with Crippen LogP contribution in [0.25, 0.3) is 22.8 Å². The molecule has 51 heteroatoms. The van der Waals surface area contributed by atoms with Crippen LogP contribution in [-0.4, -0.2) is 171 Å². The number of non-ortho nitro benzene ring substituents is 4. The van der Waals surface area contributed by atoms with Crippen molar-refractivity contribution in [2.75, 3.05) is 18.9 Å². The highest BCUT2D eigenvalue weighted by Crippen LogP contribution is 2.45. The maximum Gasteiger partial charge on any atom is 0.424 e. The normalized spacial score (nSPS) is 15.3. The first-order valence-electron chi connectivity index (χ1n) is 43.8. The number of anilines is 1. The number of carbonyl (C=O) groups is 15. The Labute approximate surface area is 875 Å². The molecule has 41 nitrogen and oxygen atoms in total. The number of esters is 2. The number of hydrogen-bond acceptors (Lipinski definition) is 37. The second kappa shape index (κ2) is 52.2. The molecule has 4 fully saturated rings. The minimum absolute atomic E-state index is 0.0148. The number of rotatable bonds is 20. The zero-order valence-electron chi connectivity index (χ0n) is 81.4. The molecule has 10 aromatic rings. The van der Waals surface area contributed by atoms with E-state index >= 15 is 0 Å². The first kappa shape index (κ1) is 119. The molecule has 6 heterocycles. The number of halogens is 6. The first-order valence-corrected chi connectivity index (χ1v) is 48.6. The highest BCUT2D eigenvalue weighted by molar-refractivity contribution is 9.09. The van der Waals surface area contributed by atoms with E-state index < -0.39 is 161 Å². The Hall–Kier alpha value is -15.5. The number of thioether (sulfide) groups is 4. The van der Waals surface area contributed by atoms with Gasteiger partial charge in [-0.3, -0.25) is 93.7 Å². The van der Waals surface area contributed by atoms with Gasteiger partial charge in [0.2, 0.25) is 5.91 Å². The number of nitrogens with two attached hydrogens (primary N) is 1. The quantitative estimate of drug-likeness (QED) is 0.0105. The minimum Gasteiger partial charge on any atom is -0.462 e. The Kier molecular flexibility index (Phi) is 41.6. The molecule has 0 saturated carbocycles. The van der Waals surface area contributed by atoms with E-state index in [2.05, 4.69) is 41.2 Å². The van der Waals surface area contributed by atoms with Crippen molar-refractivity contribution >= 4 is 189 Å². The zero-order valence-corrected chi connectivity index (χ0v) is 87.0. The number of aryl methyl sites for hydroxylation is 2. The lowest BCUT2D eigenvalue weighted by Gasteiger charge is -2.22. The average molecular weight is 2220 g/mol. The molecule has 0 aliphatic carbocycles. The summed E-state index contributed by atoms with van der Waals surface area (Å²) in [6, 6.07) is 42.7. The second-order valence-electron chi connectivity index (χ2n) is 34.3. The van der Waals surface area contributed by atoms with Crippen molar-refractivity contribution in [2.24, 2.45) is 0 Å². The highest BCUT2D eigenvalue weighted by atomic mass is 79.9. The topological polar surface area (TPSA) is 574 Å². The van der Waals surface area contributed by atoms with Crippen LogP contribution in [-0.2, 0) is 65.3 Å². The molecule has 8 aromatic carbocycles. The third-order valence-electron chi connectivity index (χ3n) is 19.6. The molecule has 149 heavy (non-hydrogen) atoms. The van der Waals surface area contributed by atoms with Gasteiger partial charge in [0.25, 0.3) is 61.4 Å². The molecule has 4 saturated heterocycles. The van der Waals surface area contributed by atoms with E-state index in [9.17, 15) is 130 Å². The summed E-state index contributed by atoms with van der Waals surface area (Å²) in [6.45, 7) is 24.3. The summed E-state index contributed by atoms with van der Waals surface area (Å²) in [7, 11) is 0. The fourth-order valence-corrected chi connectivity index (χ4v) is 17.3. The van der Waals surface area contributed by atoms with Gasteiger partial charge in [-0.05, 0) is 226 Å². The van der Waals surface area contributed by atoms with Crippen LogP contribution in [0.5, 0.6) is 0 Å². The summed E-state index contributed by atoms with van der Waals surface area (Å²) in [5.41, 5.74) is 7.64. The van der Waals surface area contributed by atoms with Gasteiger partial charge in [0, 0.05) is 67.1 Å². The van der Waals surface area contributed by atoms with E-state index in [0.717, 1.165) is 58.9 Å². The lowest BCUT2D eigenvalue weighted by molar-refractivity contribution is -0.385. The molecule has 0 spiro atoms. The predicted molar refractivity (Wildman–Crippen MR) is 541 cm³/mol. The van der Waals surface area contributed by atoms with Crippen LogP contribution in [0.1, 0.15) is 193 Å². The Morgan fingerprint density at radius 3 is 1.07 bits per heavy atom. The van der Waals surface area contributed by atoms with E-state index in [1.54, 1.807) is 149 Å². The van der Waals surface area contributed by atoms with Crippen molar-refractivity contribution in [2.45, 2.75) is 159 Å². The molecule has 4 aliphatic rings. The number of carbonyl (C=O) groups excluding carboxylic acids is 15. The fraction of sp³-hybridized carbons (Fsp3) is 0.276. The number of imide groups is 10. The molecule has 3 N–H and O–H groups in total. The van der Waals surface area contributed by atoms with Gasteiger partial charge in [0.1, 0.15) is 88.9 Å². The van der Waals surface area contributed by atoms with Gasteiger partial charge in [-0.15, -0.1) is 0 Å². The Morgan fingerprint density at radius 2 is 0.758 bits per heavy atom. The number of nitrogen functional groups attached to an aromatic ring is 1. The summed E-state index contributed by atoms with van der Waals surface area (Å²) in [5, 5.41) is 37.9. The van der Waals surface area contributed by atoms with Crippen molar-refractivity contribution in [3.8, 4) is 22.8 Å². The number of benzene rings is 8. The number of ketones is 2. The molecule has 2 aromatic heterocycles. The number of Topliss-reactive ketones (excluding diaryl/α,β-unsaturated/α-hetero) is 2. The largest absolute Gasteiger partial charge is 0.462 e. The lowest BCUT2D eigenvalue weighted by Crippen LogP contribution is -2.40. The number of aromatic nitrogens is 4. The third-order valence-corrected chi connectivity index (χ3v) is 25.3. The van der Waals surface area contributed by atoms with E-state index in [1.807, 2.05) is 0 Å². The number of ether oxygens (including phenoxy) is 5. The van der Waals surface area contributed by atoms with Crippen molar-refractivity contribution < 1.29 is 133 Å². The Bertz CT molecular complexity index is 6810. The van der Waals surface area contributed by atoms with Crippen molar-refractivity contribution in [1.82, 2.24) is 40.0 Å². The average Bonchev–Trinajstić information content (AvgIpc) is 1.70. The highest BCUT2D eigenvalue weighted by Gasteiger charge is 2.49. The van der Waals surface area contributed by atoms with Crippen LogP contribution in [0.15, 0.2) is 182 Å². The molecule has 14 rings (SSSR count).